The van der Waals surface area contributed by atoms with Crippen LogP contribution in [0.4, 0.5) is 0 Å². The average molecular weight is 130 g/mol. The fourth-order valence-electron chi connectivity index (χ4n) is 0.854. The van der Waals surface area contributed by atoms with Crippen molar-refractivity contribution in [2.45, 2.75) is 25.6 Å². The van der Waals surface area contributed by atoms with Crippen LogP contribution >= 0.6 is 0 Å². The zero-order valence-electron chi connectivity index (χ0n) is 5.59. The fraction of sp³-hybridized carbons (Fsp3) is 0.833. The Hall–Kier alpha value is -0.570. The molecule has 9 heavy (non-hydrogen) atoms. The maximum absolute atomic E-state index is 10.6. The number of hydrogen-bond acceptors (Lipinski definition) is 3. The summed E-state index contributed by atoms with van der Waals surface area (Å²) in [6.45, 7) is 1.93. The normalized spacial score (nSPS) is 33.1. The lowest BCUT2D eigenvalue weighted by atomic mass is 10.1. The first-order valence-electron chi connectivity index (χ1n) is 2.97. The van der Waals surface area contributed by atoms with Crippen molar-refractivity contribution in [3.05, 3.63) is 0 Å². The van der Waals surface area contributed by atoms with E-state index in [1.54, 1.807) is 0 Å². The third kappa shape index (κ3) is 1.21. The van der Waals surface area contributed by atoms with E-state index in [1.165, 1.54) is 7.11 Å². The molecule has 1 aliphatic heterocycles. The van der Waals surface area contributed by atoms with Crippen LogP contribution in [-0.4, -0.2) is 25.3 Å². The van der Waals surface area contributed by atoms with Crippen LogP contribution in [-0.2, 0) is 14.3 Å². The predicted molar refractivity (Wildman–Crippen MR) is 31.0 cm³/mol. The third-order valence-electron chi connectivity index (χ3n) is 1.41. The lowest BCUT2D eigenvalue weighted by molar-refractivity contribution is -0.179. The van der Waals surface area contributed by atoms with E-state index in [-0.39, 0.29) is 18.2 Å². The summed E-state index contributed by atoms with van der Waals surface area (Å²) in [5.74, 6) is -0.256. The van der Waals surface area contributed by atoms with Crippen molar-refractivity contribution in [3.8, 4) is 0 Å². The fourth-order valence-corrected chi connectivity index (χ4v) is 0.854. The van der Waals surface area contributed by atoms with E-state index in [0.717, 1.165) is 6.42 Å². The Morgan fingerprint density at radius 1 is 1.78 bits per heavy atom. The maximum atomic E-state index is 10.6. The Kier molecular flexibility index (Phi) is 1.71. The van der Waals surface area contributed by atoms with Crippen LogP contribution in [0.3, 0.4) is 0 Å². The molecule has 3 heteroatoms. The van der Waals surface area contributed by atoms with Gasteiger partial charge in [-0.1, -0.05) is 0 Å². The van der Waals surface area contributed by atoms with Gasteiger partial charge in [0.2, 0.25) is 0 Å². The Morgan fingerprint density at radius 3 is 2.67 bits per heavy atom. The van der Waals surface area contributed by atoms with Gasteiger partial charge in [-0.25, -0.2) is 4.79 Å². The van der Waals surface area contributed by atoms with Crippen LogP contribution in [0.5, 0.6) is 0 Å². The lowest BCUT2D eigenvalue weighted by Gasteiger charge is -2.30. The first kappa shape index (κ1) is 6.55. The van der Waals surface area contributed by atoms with Gasteiger partial charge in [0.25, 0.3) is 0 Å². The van der Waals surface area contributed by atoms with Crippen LogP contribution in [0.15, 0.2) is 0 Å². The summed E-state index contributed by atoms with van der Waals surface area (Å²) in [6, 6.07) is 0. The molecule has 0 unspecified atom stereocenters. The molecule has 0 bridgehead atoms. The molecule has 1 heterocycles. The van der Waals surface area contributed by atoms with Crippen molar-refractivity contribution in [3.63, 3.8) is 0 Å². The summed E-state index contributed by atoms with van der Waals surface area (Å²) in [5.41, 5.74) is 0. The smallest absolute Gasteiger partial charge is 0.335 e. The molecule has 1 aliphatic rings. The zero-order valence-corrected chi connectivity index (χ0v) is 5.59. The van der Waals surface area contributed by atoms with E-state index >= 15 is 0 Å². The van der Waals surface area contributed by atoms with Crippen LogP contribution in [0.2, 0.25) is 0 Å². The van der Waals surface area contributed by atoms with Crippen LogP contribution < -0.4 is 0 Å². The summed E-state index contributed by atoms with van der Waals surface area (Å²) < 4.78 is 9.46. The summed E-state index contributed by atoms with van der Waals surface area (Å²) >= 11 is 0. The highest BCUT2D eigenvalue weighted by atomic mass is 16.6. The minimum Gasteiger partial charge on any atom is -0.467 e. The molecule has 0 N–H and O–H groups in total. The molecule has 0 radical (unpaired) electrons. The Labute approximate surface area is 53.9 Å². The summed E-state index contributed by atoms with van der Waals surface area (Å²) in [6.07, 6.45) is 0.742. The summed E-state index contributed by atoms with van der Waals surface area (Å²) in [4.78, 5) is 10.6. The van der Waals surface area contributed by atoms with Crippen molar-refractivity contribution in [2.75, 3.05) is 7.11 Å². The molecule has 1 rings (SSSR count). The van der Waals surface area contributed by atoms with Crippen LogP contribution in [0.1, 0.15) is 13.3 Å². The number of methoxy groups -OCH3 is 1. The molecule has 3 nitrogen and oxygen atoms in total. The van der Waals surface area contributed by atoms with Gasteiger partial charge in [-0.3, -0.25) is 0 Å². The molecule has 0 aromatic heterocycles. The lowest BCUT2D eigenvalue weighted by Crippen LogP contribution is -2.41. The molecule has 0 spiro atoms. The molecule has 1 fully saturated rings. The van der Waals surface area contributed by atoms with Crippen LogP contribution in [0.25, 0.3) is 0 Å². The Bertz CT molecular complexity index is 115. The van der Waals surface area contributed by atoms with Crippen molar-refractivity contribution >= 4 is 5.97 Å². The van der Waals surface area contributed by atoms with E-state index in [9.17, 15) is 4.79 Å². The highest BCUT2D eigenvalue weighted by molar-refractivity contribution is 5.75. The maximum Gasteiger partial charge on any atom is 0.335 e. The van der Waals surface area contributed by atoms with Gasteiger partial charge in [0.05, 0.1) is 13.2 Å². The predicted octanol–water partition coefficient (Wildman–Crippen LogP) is 0.337. The molecule has 0 aliphatic carbocycles. The second kappa shape index (κ2) is 2.35. The standard InChI is InChI=1S/C6H10O3/c1-4-3-5(9-4)6(7)8-2/h4-5H,3H2,1-2H3/t4-,5-/m0/s1. The van der Waals surface area contributed by atoms with Crippen molar-refractivity contribution in [1.29, 1.82) is 0 Å². The highest BCUT2D eigenvalue weighted by Crippen LogP contribution is 2.20. The van der Waals surface area contributed by atoms with Gasteiger partial charge >= 0.3 is 5.97 Å². The minimum atomic E-state index is -0.287. The molecular formula is C6H10O3. The van der Waals surface area contributed by atoms with Gasteiger partial charge in [-0.2, -0.15) is 0 Å². The van der Waals surface area contributed by atoms with Gasteiger partial charge in [0.1, 0.15) is 0 Å². The molecule has 2 atom stereocenters. The second-order valence-electron chi connectivity index (χ2n) is 2.19. The largest absolute Gasteiger partial charge is 0.467 e. The zero-order chi connectivity index (χ0) is 6.85. The SMILES string of the molecule is COC(=O)[C@@H]1C[C@H](C)O1. The molecule has 0 saturated carbocycles. The quantitative estimate of drug-likeness (QED) is 0.480. The van der Waals surface area contributed by atoms with Crippen molar-refractivity contribution < 1.29 is 14.3 Å². The number of rotatable bonds is 1. The van der Waals surface area contributed by atoms with E-state index < -0.39 is 0 Å². The van der Waals surface area contributed by atoms with Crippen LogP contribution in [0, 0.1) is 0 Å². The van der Waals surface area contributed by atoms with E-state index in [4.69, 9.17) is 4.74 Å². The molecule has 0 aromatic rings. The second-order valence-corrected chi connectivity index (χ2v) is 2.19. The van der Waals surface area contributed by atoms with Gasteiger partial charge in [0.15, 0.2) is 6.10 Å². The number of esters is 1. The average Bonchev–Trinajstić information content (AvgIpc) is 1.79. The number of ether oxygens (including phenoxy) is 2. The molecule has 1 saturated heterocycles. The van der Waals surface area contributed by atoms with E-state index in [0.29, 0.717) is 0 Å². The van der Waals surface area contributed by atoms with Gasteiger partial charge < -0.3 is 9.47 Å². The van der Waals surface area contributed by atoms with E-state index in [2.05, 4.69) is 4.74 Å². The van der Waals surface area contributed by atoms with Gasteiger partial charge in [0, 0.05) is 6.42 Å². The molecular weight excluding hydrogens is 120 g/mol. The topological polar surface area (TPSA) is 35.5 Å². The number of carbonyl (C=O) groups excluding carboxylic acids is 1. The highest BCUT2D eigenvalue weighted by Gasteiger charge is 2.33. The molecule has 0 aromatic carbocycles. The van der Waals surface area contributed by atoms with Crippen molar-refractivity contribution in [2.24, 2.45) is 0 Å². The van der Waals surface area contributed by atoms with Gasteiger partial charge in [-0.05, 0) is 6.92 Å². The first-order valence-corrected chi connectivity index (χ1v) is 2.97. The number of hydrogen-bond donors (Lipinski definition) is 0. The van der Waals surface area contributed by atoms with Crippen molar-refractivity contribution in [1.82, 2.24) is 0 Å². The minimum absolute atomic E-state index is 0.231. The molecule has 52 valence electrons. The number of carbonyl (C=O) groups is 1. The summed E-state index contributed by atoms with van der Waals surface area (Å²) in [5, 5.41) is 0. The Morgan fingerprint density at radius 2 is 2.33 bits per heavy atom. The van der Waals surface area contributed by atoms with E-state index in [1.807, 2.05) is 6.92 Å². The Balaban J connectivity index is 2.23. The first-order chi connectivity index (χ1) is 4.24. The summed E-state index contributed by atoms with van der Waals surface area (Å²) in [7, 11) is 1.37. The third-order valence-corrected chi connectivity index (χ3v) is 1.41. The monoisotopic (exact) mass is 130 g/mol. The molecule has 0 amide bonds. The van der Waals surface area contributed by atoms with Gasteiger partial charge in [-0.15, -0.1) is 0 Å².